The van der Waals surface area contributed by atoms with Crippen molar-refractivity contribution in [1.82, 2.24) is 5.32 Å². The van der Waals surface area contributed by atoms with Crippen LogP contribution in [0.5, 0.6) is 5.75 Å². The van der Waals surface area contributed by atoms with Crippen LogP contribution in [-0.4, -0.2) is 24.3 Å². The van der Waals surface area contributed by atoms with Gasteiger partial charge in [0.1, 0.15) is 5.75 Å². The van der Waals surface area contributed by atoms with Crippen LogP contribution in [0.1, 0.15) is 36.5 Å². The molecule has 0 radical (unpaired) electrons. The molecule has 5 heteroatoms. The largest absolute Gasteiger partial charge is 0.481 e. The highest BCUT2D eigenvalue weighted by atomic mass is 35.5. The van der Waals surface area contributed by atoms with Crippen LogP contribution in [0.4, 0.5) is 0 Å². The quantitative estimate of drug-likeness (QED) is 0.628. The number of halogens is 1. The fourth-order valence-corrected chi connectivity index (χ4v) is 4.37. The number of carbonyl (C=O) groups is 1. The SMILES string of the molecule is C[C@H](Oc1ccc2c(c1)CCCC2)C(=O)NCCSCc1ccccc1Cl. The monoisotopic (exact) mass is 403 g/mol. The summed E-state index contributed by atoms with van der Waals surface area (Å²) in [7, 11) is 0. The Morgan fingerprint density at radius 3 is 2.78 bits per heavy atom. The van der Waals surface area contributed by atoms with Crippen molar-refractivity contribution < 1.29 is 9.53 Å². The maximum atomic E-state index is 12.3. The zero-order chi connectivity index (χ0) is 19.1. The zero-order valence-corrected chi connectivity index (χ0v) is 17.2. The lowest BCUT2D eigenvalue weighted by Gasteiger charge is -2.19. The first-order valence-corrected chi connectivity index (χ1v) is 11.0. The van der Waals surface area contributed by atoms with Crippen molar-refractivity contribution >= 4 is 29.3 Å². The third-order valence-corrected chi connectivity index (χ3v) is 6.14. The molecule has 1 amide bonds. The highest BCUT2D eigenvalue weighted by molar-refractivity contribution is 7.98. The van der Waals surface area contributed by atoms with Crippen molar-refractivity contribution in [3.8, 4) is 5.75 Å². The minimum Gasteiger partial charge on any atom is -0.481 e. The molecule has 0 spiro atoms. The van der Waals surface area contributed by atoms with Crippen LogP contribution in [0.2, 0.25) is 5.02 Å². The topological polar surface area (TPSA) is 38.3 Å². The molecule has 0 bridgehead atoms. The number of hydrogen-bond acceptors (Lipinski definition) is 3. The first-order chi connectivity index (χ1) is 13.1. The van der Waals surface area contributed by atoms with E-state index in [0.717, 1.165) is 40.7 Å². The number of nitrogens with one attached hydrogen (secondary N) is 1. The predicted molar refractivity (Wildman–Crippen MR) is 114 cm³/mol. The van der Waals surface area contributed by atoms with Gasteiger partial charge in [0.15, 0.2) is 6.10 Å². The Kier molecular flexibility index (Phi) is 7.48. The number of ether oxygens (including phenoxy) is 1. The van der Waals surface area contributed by atoms with E-state index in [1.165, 1.54) is 24.0 Å². The van der Waals surface area contributed by atoms with Gasteiger partial charge in [0.2, 0.25) is 0 Å². The molecule has 1 atom stereocenters. The van der Waals surface area contributed by atoms with E-state index in [1.54, 1.807) is 18.7 Å². The van der Waals surface area contributed by atoms with Crippen LogP contribution < -0.4 is 10.1 Å². The Balaban J connectivity index is 1.38. The van der Waals surface area contributed by atoms with Gasteiger partial charge in [-0.05, 0) is 67.5 Å². The average Bonchev–Trinajstić information content (AvgIpc) is 2.68. The Hall–Kier alpha value is -1.65. The standard InChI is InChI=1S/C22H26ClNO2S/c1-16(26-20-11-10-17-6-2-3-7-18(17)14-20)22(25)24-12-13-27-15-19-8-4-5-9-21(19)23/h4-5,8-11,14,16H,2-3,6-7,12-13,15H2,1H3,(H,24,25)/t16-/m0/s1. The molecule has 2 aromatic carbocycles. The first kappa shape index (κ1) is 20.1. The van der Waals surface area contributed by atoms with Crippen molar-refractivity contribution in [3.63, 3.8) is 0 Å². The van der Waals surface area contributed by atoms with Crippen molar-refractivity contribution in [1.29, 1.82) is 0 Å². The van der Waals surface area contributed by atoms with E-state index >= 15 is 0 Å². The van der Waals surface area contributed by atoms with Gasteiger partial charge in [-0.1, -0.05) is 35.9 Å². The van der Waals surface area contributed by atoms with E-state index in [9.17, 15) is 4.79 Å². The maximum absolute atomic E-state index is 12.3. The number of hydrogen-bond donors (Lipinski definition) is 1. The Morgan fingerprint density at radius 1 is 1.19 bits per heavy atom. The third-order valence-electron chi connectivity index (χ3n) is 4.76. The van der Waals surface area contributed by atoms with Gasteiger partial charge in [-0.25, -0.2) is 0 Å². The fourth-order valence-electron chi connectivity index (χ4n) is 3.23. The van der Waals surface area contributed by atoms with Crippen LogP contribution in [0.3, 0.4) is 0 Å². The van der Waals surface area contributed by atoms with Gasteiger partial charge >= 0.3 is 0 Å². The number of rotatable bonds is 8. The summed E-state index contributed by atoms with van der Waals surface area (Å²) in [4.78, 5) is 12.3. The van der Waals surface area contributed by atoms with E-state index in [4.69, 9.17) is 16.3 Å². The molecule has 0 unspecified atom stereocenters. The molecule has 1 N–H and O–H groups in total. The van der Waals surface area contributed by atoms with Crippen molar-refractivity contribution in [2.45, 2.75) is 44.5 Å². The minimum absolute atomic E-state index is 0.0777. The van der Waals surface area contributed by atoms with Gasteiger partial charge in [-0.3, -0.25) is 4.79 Å². The van der Waals surface area contributed by atoms with Gasteiger partial charge in [0.25, 0.3) is 5.91 Å². The normalized spacial score (nSPS) is 14.3. The first-order valence-electron chi connectivity index (χ1n) is 9.51. The van der Waals surface area contributed by atoms with Crippen LogP contribution in [0.25, 0.3) is 0 Å². The second kappa shape index (κ2) is 10.0. The van der Waals surface area contributed by atoms with Gasteiger partial charge in [0.05, 0.1) is 0 Å². The van der Waals surface area contributed by atoms with Crippen LogP contribution in [-0.2, 0) is 23.4 Å². The van der Waals surface area contributed by atoms with Gasteiger partial charge in [0, 0.05) is 23.1 Å². The molecular weight excluding hydrogens is 378 g/mol. The number of thioether (sulfide) groups is 1. The lowest BCUT2D eigenvalue weighted by Crippen LogP contribution is -2.37. The third kappa shape index (κ3) is 5.91. The number of benzene rings is 2. The molecule has 3 rings (SSSR count). The summed E-state index contributed by atoms with van der Waals surface area (Å²) in [6.07, 6.45) is 4.26. The number of amides is 1. The molecule has 27 heavy (non-hydrogen) atoms. The van der Waals surface area contributed by atoms with E-state index < -0.39 is 6.10 Å². The number of fused-ring (bicyclic) bond motifs is 1. The second-order valence-corrected chi connectivity index (χ2v) is 8.35. The van der Waals surface area contributed by atoms with Crippen LogP contribution >= 0.6 is 23.4 Å². The minimum atomic E-state index is -0.500. The molecule has 3 nitrogen and oxygen atoms in total. The molecular formula is C22H26ClNO2S. The average molecular weight is 404 g/mol. The predicted octanol–water partition coefficient (Wildman–Crippen LogP) is 5.04. The molecule has 0 fully saturated rings. The Labute approximate surface area is 170 Å². The van der Waals surface area contributed by atoms with Gasteiger partial charge in [-0.15, -0.1) is 0 Å². The maximum Gasteiger partial charge on any atom is 0.260 e. The molecule has 2 aromatic rings. The molecule has 0 aliphatic heterocycles. The van der Waals surface area contributed by atoms with E-state index in [0.29, 0.717) is 6.54 Å². The van der Waals surface area contributed by atoms with Gasteiger partial charge in [-0.2, -0.15) is 11.8 Å². The molecule has 1 aliphatic rings. The molecule has 144 valence electrons. The van der Waals surface area contributed by atoms with Gasteiger partial charge < -0.3 is 10.1 Å². The van der Waals surface area contributed by atoms with E-state index in [1.807, 2.05) is 30.3 Å². The molecule has 1 aliphatic carbocycles. The van der Waals surface area contributed by atoms with Crippen molar-refractivity contribution in [2.24, 2.45) is 0 Å². The van der Waals surface area contributed by atoms with Crippen molar-refractivity contribution in [3.05, 3.63) is 64.2 Å². The van der Waals surface area contributed by atoms with Crippen LogP contribution in [0, 0.1) is 0 Å². The summed E-state index contributed by atoms with van der Waals surface area (Å²) in [6.45, 7) is 2.41. The fraction of sp³-hybridized carbons (Fsp3) is 0.409. The zero-order valence-electron chi connectivity index (χ0n) is 15.7. The smallest absolute Gasteiger partial charge is 0.260 e. The summed E-state index contributed by atoms with van der Waals surface area (Å²) in [6, 6.07) is 14.1. The Morgan fingerprint density at radius 2 is 1.96 bits per heavy atom. The van der Waals surface area contributed by atoms with E-state index in [-0.39, 0.29) is 5.91 Å². The van der Waals surface area contributed by atoms with E-state index in [2.05, 4.69) is 17.4 Å². The lowest BCUT2D eigenvalue weighted by atomic mass is 9.92. The van der Waals surface area contributed by atoms with Crippen LogP contribution in [0.15, 0.2) is 42.5 Å². The Bertz CT molecular complexity index is 781. The summed E-state index contributed by atoms with van der Waals surface area (Å²) < 4.78 is 5.85. The number of aryl methyl sites for hydroxylation is 2. The highest BCUT2D eigenvalue weighted by Gasteiger charge is 2.16. The molecule has 0 aromatic heterocycles. The summed E-state index contributed by atoms with van der Waals surface area (Å²) in [5.41, 5.74) is 3.91. The molecule has 0 saturated heterocycles. The molecule has 0 saturated carbocycles. The summed E-state index contributed by atoms with van der Waals surface area (Å²) in [5, 5.41) is 3.74. The van der Waals surface area contributed by atoms with Crippen molar-refractivity contribution in [2.75, 3.05) is 12.3 Å². The lowest BCUT2D eigenvalue weighted by molar-refractivity contribution is -0.127. The summed E-state index contributed by atoms with van der Waals surface area (Å²) in [5.74, 6) is 2.39. The number of carbonyl (C=O) groups excluding carboxylic acids is 1. The summed E-state index contributed by atoms with van der Waals surface area (Å²) >= 11 is 7.90. The highest BCUT2D eigenvalue weighted by Crippen LogP contribution is 2.26. The molecule has 0 heterocycles. The second-order valence-electron chi connectivity index (χ2n) is 6.83.